The molecule has 0 unspecified atom stereocenters. The van der Waals surface area contributed by atoms with E-state index in [0.717, 1.165) is 16.1 Å². The standard InChI is InChI=1S/C21H27ClN4O.HI/c1-21(2,3)26-19(27)17-7-5-6-16(12-17)14-25-20(23-4)24-13-15-8-10-18(22)11-9-15;/h5-12H,13-14H2,1-4H3,(H,26,27)(H2,23,24,25);1H. The number of nitrogens with zero attached hydrogens (tertiary/aromatic N) is 1. The summed E-state index contributed by atoms with van der Waals surface area (Å²) in [7, 11) is 1.73. The maximum atomic E-state index is 12.3. The number of carbonyl (C=O) groups excluding carboxylic acids is 1. The highest BCUT2D eigenvalue weighted by Gasteiger charge is 2.15. The van der Waals surface area contributed by atoms with E-state index < -0.39 is 0 Å². The fraction of sp³-hybridized carbons (Fsp3) is 0.333. The molecule has 2 rings (SSSR count). The third-order valence-corrected chi connectivity index (χ3v) is 3.99. The molecule has 152 valence electrons. The molecule has 0 bridgehead atoms. The van der Waals surface area contributed by atoms with Crippen LogP contribution in [0.25, 0.3) is 0 Å². The van der Waals surface area contributed by atoms with Gasteiger partial charge in [-0.05, 0) is 56.2 Å². The van der Waals surface area contributed by atoms with Crippen molar-refractivity contribution in [2.75, 3.05) is 7.05 Å². The number of hydrogen-bond donors (Lipinski definition) is 3. The molecule has 28 heavy (non-hydrogen) atoms. The molecule has 0 aromatic heterocycles. The van der Waals surface area contributed by atoms with Crippen molar-refractivity contribution in [3.8, 4) is 0 Å². The van der Waals surface area contributed by atoms with Gasteiger partial charge in [-0.1, -0.05) is 35.9 Å². The van der Waals surface area contributed by atoms with Crippen LogP contribution in [0.2, 0.25) is 5.02 Å². The molecule has 3 N–H and O–H groups in total. The second-order valence-corrected chi connectivity index (χ2v) is 7.75. The molecule has 1 amide bonds. The van der Waals surface area contributed by atoms with Crippen molar-refractivity contribution in [1.29, 1.82) is 0 Å². The highest BCUT2D eigenvalue weighted by molar-refractivity contribution is 14.0. The first kappa shape index (κ1) is 24.2. The molecule has 7 heteroatoms. The van der Waals surface area contributed by atoms with E-state index in [0.29, 0.717) is 24.6 Å². The molecule has 0 aliphatic rings. The van der Waals surface area contributed by atoms with Crippen LogP contribution in [0, 0.1) is 0 Å². The summed E-state index contributed by atoms with van der Waals surface area (Å²) in [5.74, 6) is 0.615. The number of rotatable bonds is 5. The molecule has 0 saturated carbocycles. The number of amides is 1. The predicted molar refractivity (Wildman–Crippen MR) is 128 cm³/mol. The van der Waals surface area contributed by atoms with E-state index in [1.54, 1.807) is 7.05 Å². The van der Waals surface area contributed by atoms with Crippen molar-refractivity contribution in [3.63, 3.8) is 0 Å². The van der Waals surface area contributed by atoms with Crippen LogP contribution in [0.15, 0.2) is 53.5 Å². The van der Waals surface area contributed by atoms with Gasteiger partial charge in [-0.15, -0.1) is 24.0 Å². The average Bonchev–Trinajstić information content (AvgIpc) is 2.62. The van der Waals surface area contributed by atoms with Crippen molar-refractivity contribution < 1.29 is 4.79 Å². The fourth-order valence-corrected chi connectivity index (χ4v) is 2.56. The molecule has 0 aliphatic carbocycles. The summed E-state index contributed by atoms with van der Waals surface area (Å²) in [6, 6.07) is 15.2. The van der Waals surface area contributed by atoms with Crippen LogP contribution in [0.3, 0.4) is 0 Å². The molecule has 0 aliphatic heterocycles. The largest absolute Gasteiger partial charge is 0.352 e. The molecule has 0 spiro atoms. The first-order chi connectivity index (χ1) is 12.8. The molecular formula is C21H28ClIN4O. The van der Waals surface area contributed by atoms with E-state index in [9.17, 15) is 4.79 Å². The first-order valence-corrected chi connectivity index (χ1v) is 9.25. The van der Waals surface area contributed by atoms with Crippen LogP contribution in [0.1, 0.15) is 42.3 Å². The van der Waals surface area contributed by atoms with E-state index in [2.05, 4.69) is 20.9 Å². The van der Waals surface area contributed by atoms with Gasteiger partial charge in [0.05, 0.1) is 0 Å². The van der Waals surface area contributed by atoms with E-state index in [1.807, 2.05) is 69.3 Å². The summed E-state index contributed by atoms with van der Waals surface area (Å²) >= 11 is 5.90. The van der Waals surface area contributed by atoms with Crippen LogP contribution in [0.4, 0.5) is 0 Å². The number of halogens is 2. The van der Waals surface area contributed by atoms with Gasteiger partial charge in [0, 0.05) is 36.3 Å². The zero-order valence-corrected chi connectivity index (χ0v) is 19.8. The van der Waals surface area contributed by atoms with E-state index >= 15 is 0 Å². The third-order valence-electron chi connectivity index (χ3n) is 3.73. The number of carbonyl (C=O) groups is 1. The Labute approximate surface area is 189 Å². The van der Waals surface area contributed by atoms with Gasteiger partial charge in [-0.25, -0.2) is 0 Å². The van der Waals surface area contributed by atoms with Crippen molar-refractivity contribution in [2.45, 2.75) is 39.4 Å². The van der Waals surface area contributed by atoms with Gasteiger partial charge in [0.25, 0.3) is 5.91 Å². The van der Waals surface area contributed by atoms with Crippen molar-refractivity contribution >= 4 is 47.4 Å². The molecule has 2 aromatic carbocycles. The van der Waals surface area contributed by atoms with Gasteiger partial charge >= 0.3 is 0 Å². The van der Waals surface area contributed by atoms with Gasteiger partial charge in [-0.2, -0.15) is 0 Å². The van der Waals surface area contributed by atoms with E-state index in [1.165, 1.54) is 0 Å². The smallest absolute Gasteiger partial charge is 0.251 e. The normalized spacial score (nSPS) is 11.4. The lowest BCUT2D eigenvalue weighted by Gasteiger charge is -2.20. The second kappa shape index (κ2) is 11.3. The Morgan fingerprint density at radius 1 is 1.00 bits per heavy atom. The Balaban J connectivity index is 0.00000392. The molecule has 2 aromatic rings. The topological polar surface area (TPSA) is 65.5 Å². The lowest BCUT2D eigenvalue weighted by Crippen LogP contribution is -2.40. The van der Waals surface area contributed by atoms with E-state index in [-0.39, 0.29) is 35.4 Å². The Morgan fingerprint density at radius 3 is 2.18 bits per heavy atom. The Hall–Kier alpha value is -1.80. The number of aliphatic imine (C=N–C) groups is 1. The number of benzene rings is 2. The van der Waals surface area contributed by atoms with Crippen LogP contribution < -0.4 is 16.0 Å². The number of nitrogens with one attached hydrogen (secondary N) is 3. The van der Waals surface area contributed by atoms with Crippen molar-refractivity contribution in [3.05, 3.63) is 70.2 Å². The maximum absolute atomic E-state index is 12.3. The SMILES string of the molecule is CN=C(NCc1ccc(Cl)cc1)NCc1cccc(C(=O)NC(C)(C)C)c1.I. The minimum atomic E-state index is -0.265. The Bertz CT molecular complexity index is 801. The molecular weight excluding hydrogens is 487 g/mol. The third kappa shape index (κ3) is 8.48. The van der Waals surface area contributed by atoms with Gasteiger partial charge in [0.1, 0.15) is 0 Å². The molecule has 0 saturated heterocycles. The summed E-state index contributed by atoms with van der Waals surface area (Å²) < 4.78 is 0. The predicted octanol–water partition coefficient (Wildman–Crippen LogP) is 4.35. The molecule has 0 radical (unpaired) electrons. The number of hydrogen-bond acceptors (Lipinski definition) is 2. The van der Waals surface area contributed by atoms with E-state index in [4.69, 9.17) is 11.6 Å². The van der Waals surface area contributed by atoms with Gasteiger partial charge in [-0.3, -0.25) is 9.79 Å². The molecule has 5 nitrogen and oxygen atoms in total. The minimum absolute atomic E-state index is 0. The van der Waals surface area contributed by atoms with Gasteiger partial charge in [0.15, 0.2) is 5.96 Å². The van der Waals surface area contributed by atoms with Gasteiger partial charge in [0.2, 0.25) is 0 Å². The summed E-state index contributed by atoms with van der Waals surface area (Å²) in [5, 5.41) is 10.2. The molecule has 0 fully saturated rings. The van der Waals surface area contributed by atoms with Crippen LogP contribution in [-0.4, -0.2) is 24.5 Å². The zero-order chi connectivity index (χ0) is 19.9. The summed E-state index contributed by atoms with van der Waals surface area (Å²) in [5.41, 5.74) is 2.50. The Morgan fingerprint density at radius 2 is 1.61 bits per heavy atom. The molecule has 0 atom stereocenters. The summed E-state index contributed by atoms with van der Waals surface area (Å²) in [4.78, 5) is 16.5. The van der Waals surface area contributed by atoms with Crippen molar-refractivity contribution in [2.24, 2.45) is 4.99 Å². The Kier molecular flexibility index (Phi) is 9.75. The van der Waals surface area contributed by atoms with Gasteiger partial charge < -0.3 is 16.0 Å². The number of guanidine groups is 1. The lowest BCUT2D eigenvalue weighted by atomic mass is 10.1. The quantitative estimate of drug-likeness (QED) is 0.316. The molecule has 0 heterocycles. The summed E-state index contributed by atoms with van der Waals surface area (Å²) in [6.07, 6.45) is 0. The average molecular weight is 515 g/mol. The summed E-state index contributed by atoms with van der Waals surface area (Å²) in [6.45, 7) is 7.10. The van der Waals surface area contributed by atoms with Crippen molar-refractivity contribution in [1.82, 2.24) is 16.0 Å². The van der Waals surface area contributed by atoms with Crippen LogP contribution in [0.5, 0.6) is 0 Å². The highest BCUT2D eigenvalue weighted by Crippen LogP contribution is 2.10. The van der Waals surface area contributed by atoms with Crippen LogP contribution >= 0.6 is 35.6 Å². The monoisotopic (exact) mass is 514 g/mol. The second-order valence-electron chi connectivity index (χ2n) is 7.31. The fourth-order valence-electron chi connectivity index (χ4n) is 2.43. The first-order valence-electron chi connectivity index (χ1n) is 8.87. The lowest BCUT2D eigenvalue weighted by molar-refractivity contribution is 0.0919. The minimum Gasteiger partial charge on any atom is -0.352 e. The zero-order valence-electron chi connectivity index (χ0n) is 16.7. The maximum Gasteiger partial charge on any atom is 0.251 e. The highest BCUT2D eigenvalue weighted by atomic mass is 127. The van der Waals surface area contributed by atoms with Crippen LogP contribution in [-0.2, 0) is 13.1 Å².